The van der Waals surface area contributed by atoms with E-state index in [1.807, 2.05) is 37.3 Å². The molecule has 0 radical (unpaired) electrons. The normalized spacial score (nSPS) is 21.0. The Morgan fingerprint density at radius 3 is 2.54 bits per heavy atom. The Morgan fingerprint density at radius 2 is 2.00 bits per heavy atom. The summed E-state index contributed by atoms with van der Waals surface area (Å²) in [6.07, 6.45) is 1.07. The number of epoxide rings is 1. The van der Waals surface area contributed by atoms with Crippen molar-refractivity contribution in [2.75, 3.05) is 13.2 Å². The zero-order chi connectivity index (χ0) is 17.6. The van der Waals surface area contributed by atoms with Gasteiger partial charge in [0.1, 0.15) is 5.60 Å². The fourth-order valence-electron chi connectivity index (χ4n) is 2.51. The van der Waals surface area contributed by atoms with Gasteiger partial charge in [0.05, 0.1) is 13.2 Å². The van der Waals surface area contributed by atoms with Gasteiger partial charge in [-0.3, -0.25) is 4.79 Å². The van der Waals surface area contributed by atoms with Crippen molar-refractivity contribution < 1.29 is 23.8 Å². The third-order valence-corrected chi connectivity index (χ3v) is 4.00. The summed E-state index contributed by atoms with van der Waals surface area (Å²) in [4.78, 5) is 23.3. The Kier molecular flexibility index (Phi) is 5.63. The van der Waals surface area contributed by atoms with Crippen LogP contribution < -0.4 is 0 Å². The molecule has 24 heavy (non-hydrogen) atoms. The first kappa shape index (κ1) is 18.0. The minimum atomic E-state index is -1.18. The average molecular weight is 330 g/mol. The summed E-state index contributed by atoms with van der Waals surface area (Å²) in [5, 5.41) is 0. The summed E-state index contributed by atoms with van der Waals surface area (Å²) < 4.78 is 15.9. The molecule has 1 fully saturated rings. The molecule has 1 aromatic carbocycles. The minimum absolute atomic E-state index is 0.242. The molecule has 1 aliphatic heterocycles. The molecule has 0 unspecified atom stereocenters. The van der Waals surface area contributed by atoms with Crippen molar-refractivity contribution in [1.82, 2.24) is 0 Å². The van der Waals surface area contributed by atoms with Crippen LogP contribution in [-0.4, -0.2) is 36.4 Å². The molecular weight excluding hydrogens is 308 g/mol. The first-order valence-corrected chi connectivity index (χ1v) is 7.98. The van der Waals surface area contributed by atoms with Crippen LogP contribution in [0.3, 0.4) is 0 Å². The first-order valence-electron chi connectivity index (χ1n) is 7.98. The van der Waals surface area contributed by atoms with Crippen LogP contribution in [0, 0.1) is 11.8 Å². The Hall–Kier alpha value is -2.32. The lowest BCUT2D eigenvalue weighted by Gasteiger charge is -2.32. The highest BCUT2D eigenvalue weighted by Gasteiger charge is 2.60. The smallest absolute Gasteiger partial charge is 0.384 e. The topological polar surface area (TPSA) is 65.1 Å². The number of rotatable bonds is 6. The molecule has 2 atom stereocenters. The van der Waals surface area contributed by atoms with Crippen molar-refractivity contribution in [3.63, 3.8) is 0 Å². The van der Waals surface area contributed by atoms with E-state index in [9.17, 15) is 9.59 Å². The molecule has 5 nitrogen and oxygen atoms in total. The van der Waals surface area contributed by atoms with Gasteiger partial charge in [-0.1, -0.05) is 30.3 Å². The minimum Gasteiger partial charge on any atom is -0.456 e. The number of hydrogen-bond donors (Lipinski definition) is 0. The highest BCUT2D eigenvalue weighted by Crippen LogP contribution is 2.43. The number of hydrogen-bond acceptors (Lipinski definition) is 5. The van der Waals surface area contributed by atoms with Gasteiger partial charge in [0.2, 0.25) is 5.60 Å². The number of carbonyl (C=O) groups is 2. The van der Waals surface area contributed by atoms with Gasteiger partial charge in [-0.2, -0.15) is 0 Å². The van der Waals surface area contributed by atoms with E-state index >= 15 is 0 Å². The van der Waals surface area contributed by atoms with Crippen molar-refractivity contribution in [3.05, 3.63) is 35.9 Å². The Balaban J connectivity index is 2.27. The molecular formula is C19H22O5. The lowest BCUT2D eigenvalue weighted by molar-refractivity contribution is -0.157. The Morgan fingerprint density at radius 1 is 1.33 bits per heavy atom. The van der Waals surface area contributed by atoms with Gasteiger partial charge in [-0.15, -0.1) is 0 Å². The van der Waals surface area contributed by atoms with Gasteiger partial charge in [0.25, 0.3) is 0 Å². The van der Waals surface area contributed by atoms with E-state index in [1.54, 1.807) is 6.92 Å². The van der Waals surface area contributed by atoms with Gasteiger partial charge in [-0.25, -0.2) is 4.79 Å². The van der Waals surface area contributed by atoms with E-state index in [4.69, 9.17) is 14.2 Å². The standard InChI is InChI=1S/C19H22O5/c1-4-22-17(21)11-13-19(24-15(2)20,18(3)14-23-18)12-10-16-8-6-5-7-9-16/h5-9H,4,10,12,14H2,1-3H3/t18-,19+/m1/s1. The molecule has 1 heterocycles. The summed E-state index contributed by atoms with van der Waals surface area (Å²) in [6, 6.07) is 9.82. The quantitative estimate of drug-likeness (QED) is 0.346. The van der Waals surface area contributed by atoms with Crippen molar-refractivity contribution in [2.24, 2.45) is 0 Å². The molecule has 0 amide bonds. The van der Waals surface area contributed by atoms with Crippen molar-refractivity contribution in [3.8, 4) is 11.8 Å². The fraction of sp³-hybridized carbons (Fsp3) is 0.474. The van der Waals surface area contributed by atoms with Crippen LogP contribution in [0.2, 0.25) is 0 Å². The molecule has 1 saturated heterocycles. The largest absolute Gasteiger partial charge is 0.456 e. The lowest BCUT2D eigenvalue weighted by atomic mass is 9.83. The van der Waals surface area contributed by atoms with Gasteiger partial charge < -0.3 is 14.2 Å². The highest BCUT2D eigenvalue weighted by atomic mass is 16.6. The molecule has 0 N–H and O–H groups in total. The Bertz CT molecular complexity index is 651. The summed E-state index contributed by atoms with van der Waals surface area (Å²) in [5.74, 6) is 4.17. The number of benzene rings is 1. The second-order valence-electron chi connectivity index (χ2n) is 5.90. The van der Waals surface area contributed by atoms with Gasteiger partial charge in [-0.05, 0) is 31.8 Å². The maximum atomic E-state index is 11.7. The molecule has 0 aromatic heterocycles. The zero-order valence-electron chi connectivity index (χ0n) is 14.3. The maximum absolute atomic E-state index is 11.7. The molecule has 0 aliphatic carbocycles. The van der Waals surface area contributed by atoms with E-state index in [0.717, 1.165) is 5.56 Å². The number of esters is 2. The molecule has 1 aromatic rings. The zero-order valence-corrected chi connectivity index (χ0v) is 14.3. The highest BCUT2D eigenvalue weighted by molar-refractivity contribution is 5.88. The van der Waals surface area contributed by atoms with Crippen LogP contribution in [0.4, 0.5) is 0 Å². The molecule has 0 spiro atoms. The summed E-state index contributed by atoms with van der Waals surface area (Å²) in [5.41, 5.74) is -0.801. The van der Waals surface area contributed by atoms with Crippen LogP contribution in [0.1, 0.15) is 32.8 Å². The van der Waals surface area contributed by atoms with E-state index in [2.05, 4.69) is 11.8 Å². The van der Waals surface area contributed by atoms with Crippen LogP contribution in [0.15, 0.2) is 30.3 Å². The maximum Gasteiger partial charge on any atom is 0.384 e. The van der Waals surface area contributed by atoms with E-state index in [1.165, 1.54) is 6.92 Å². The first-order chi connectivity index (χ1) is 11.4. The van der Waals surface area contributed by atoms with Gasteiger partial charge >= 0.3 is 11.9 Å². The second kappa shape index (κ2) is 7.50. The van der Waals surface area contributed by atoms with Crippen molar-refractivity contribution in [2.45, 2.75) is 44.8 Å². The van der Waals surface area contributed by atoms with Gasteiger partial charge in [0, 0.05) is 19.3 Å². The fourth-order valence-corrected chi connectivity index (χ4v) is 2.51. The summed E-state index contributed by atoms with van der Waals surface area (Å²) in [7, 11) is 0. The molecule has 128 valence electrons. The van der Waals surface area contributed by atoms with Crippen LogP contribution in [0.5, 0.6) is 0 Å². The van der Waals surface area contributed by atoms with Crippen LogP contribution >= 0.6 is 0 Å². The Labute approximate surface area is 142 Å². The number of ether oxygens (including phenoxy) is 3. The van der Waals surface area contributed by atoms with Crippen molar-refractivity contribution in [1.29, 1.82) is 0 Å². The second-order valence-corrected chi connectivity index (χ2v) is 5.90. The van der Waals surface area contributed by atoms with Crippen LogP contribution in [0.25, 0.3) is 0 Å². The monoisotopic (exact) mass is 330 g/mol. The third-order valence-electron chi connectivity index (χ3n) is 4.00. The number of aryl methyl sites for hydroxylation is 1. The molecule has 2 rings (SSSR count). The third kappa shape index (κ3) is 4.36. The van der Waals surface area contributed by atoms with E-state index in [-0.39, 0.29) is 6.61 Å². The van der Waals surface area contributed by atoms with Crippen LogP contribution in [-0.2, 0) is 30.2 Å². The van der Waals surface area contributed by atoms with Gasteiger partial charge in [0.15, 0.2) is 0 Å². The van der Waals surface area contributed by atoms with E-state index < -0.39 is 23.1 Å². The number of carbonyl (C=O) groups excluding carboxylic acids is 2. The molecule has 1 aliphatic rings. The summed E-state index contributed by atoms with van der Waals surface area (Å²) in [6.45, 7) is 5.54. The van der Waals surface area contributed by atoms with E-state index in [0.29, 0.717) is 19.4 Å². The molecule has 5 heteroatoms. The summed E-state index contributed by atoms with van der Waals surface area (Å²) >= 11 is 0. The lowest BCUT2D eigenvalue weighted by Crippen LogP contribution is -2.47. The van der Waals surface area contributed by atoms with Crippen molar-refractivity contribution >= 4 is 11.9 Å². The SMILES string of the molecule is CCOC(=O)C#C[C@](CCc1ccccc1)(OC(C)=O)[C@@]1(C)CO1. The molecule has 0 saturated carbocycles. The predicted octanol–water partition coefficient (Wildman–Crippen LogP) is 2.28. The molecule has 0 bridgehead atoms. The average Bonchev–Trinajstić information content (AvgIpc) is 3.30. The predicted molar refractivity (Wildman–Crippen MR) is 88.0 cm³/mol.